The van der Waals surface area contributed by atoms with Crippen LogP contribution in [-0.4, -0.2) is 22.8 Å². The monoisotopic (exact) mass is 1790 g/mol. The molecule has 0 unspecified atom stereocenters. The van der Waals surface area contributed by atoms with Gasteiger partial charge in [-0.1, -0.05) is 381 Å². The molecule has 0 spiro atoms. The molecule has 666 valence electrons. The van der Waals surface area contributed by atoms with E-state index in [1.807, 2.05) is 0 Å². The summed E-state index contributed by atoms with van der Waals surface area (Å²) in [5, 5.41) is 15.5. The molecule has 0 saturated carbocycles. The summed E-state index contributed by atoms with van der Waals surface area (Å²) in [6, 6.07) is 187. The Morgan fingerprint density at radius 1 is 0.114 bits per heavy atom. The zero-order valence-corrected chi connectivity index (χ0v) is 78.9. The molecule has 5 nitrogen and oxygen atoms in total. The van der Waals surface area contributed by atoms with Crippen LogP contribution in [0.15, 0.2) is 522 Å². The number of aromatic nitrogens is 5. The van der Waals surface area contributed by atoms with Crippen molar-refractivity contribution >= 4 is 120 Å². The Labute approximate surface area is 816 Å². The molecule has 0 aliphatic heterocycles. The molecule has 5 heteroatoms. The van der Waals surface area contributed by atoms with E-state index in [0.717, 1.165) is 0 Å². The lowest BCUT2D eigenvalue weighted by Gasteiger charge is -2.10. The van der Waals surface area contributed by atoms with E-state index < -0.39 is 0 Å². The molecule has 0 saturated heterocycles. The number of fused-ring (bicyclic) bond motifs is 17. The van der Waals surface area contributed by atoms with Crippen LogP contribution in [-0.2, 0) is 0 Å². The lowest BCUT2D eigenvalue weighted by Crippen LogP contribution is -1.94. The smallest absolute Gasteiger partial charge is 0.0619 e. The van der Waals surface area contributed by atoms with Crippen molar-refractivity contribution in [1.29, 1.82) is 0 Å². The molecule has 140 heavy (non-hydrogen) atoms. The van der Waals surface area contributed by atoms with Crippen LogP contribution in [0.25, 0.3) is 215 Å². The van der Waals surface area contributed by atoms with Gasteiger partial charge in [0.1, 0.15) is 0 Å². The standard InChI is InChI=1S/2C31H23N.2C25H19N.C23H17N/c1-22-9-8-14-27(19-22)32-30-17-15-25(23-10-4-2-5-11-23)20-28(30)29-21-26(16-18-31(29)32)24-12-6-3-7-13-24;1-22-12-16-27(17-13-22)32-30-18-14-25(23-8-4-2-5-9-23)20-28(30)29-21-26(15-19-31(29)32)24-10-6-3-7-11-24;1-18-12-14-24-22(16-18)23-17-20(19-8-4-2-5-9-19)13-15-25(23)26(24)21-10-6-3-7-11-21;1-18-8-7-11-21(16-18)26-24-13-6-5-12-22(24)23-17-20(14-15-25(23)26)19-9-3-2-4-10-19;1-16-10-13-18(14-11-16)24-22-9-5-4-8-20(22)21-15-12-17-6-2-3-7-19(17)23(21)24/h2*2-21H,1H3;2*2-17H,1H3;2-15H,1H3. The molecule has 22 aromatic carbocycles. The highest BCUT2D eigenvalue weighted by molar-refractivity contribution is 6.20. The van der Waals surface area contributed by atoms with Crippen LogP contribution in [0, 0.1) is 34.6 Å². The van der Waals surface area contributed by atoms with Crippen molar-refractivity contribution in [2.45, 2.75) is 34.6 Å². The Morgan fingerprint density at radius 3 is 0.700 bits per heavy atom. The molecule has 0 aliphatic rings. The molecule has 0 atom stereocenters. The predicted molar refractivity (Wildman–Crippen MR) is 598 cm³/mol. The van der Waals surface area contributed by atoms with E-state index in [-0.39, 0.29) is 0 Å². The Morgan fingerprint density at radius 2 is 0.350 bits per heavy atom. The molecule has 27 rings (SSSR count). The predicted octanol–water partition coefficient (Wildman–Crippen LogP) is 36.6. The molecular formula is C135H101N5. The van der Waals surface area contributed by atoms with Crippen LogP contribution in [0.4, 0.5) is 0 Å². The van der Waals surface area contributed by atoms with Gasteiger partial charge in [0.05, 0.1) is 55.2 Å². The Balaban J connectivity index is 0.0000000981. The average Bonchev–Trinajstić information content (AvgIpc) is 1.59. The second-order valence-corrected chi connectivity index (χ2v) is 36.7. The van der Waals surface area contributed by atoms with Gasteiger partial charge in [-0.05, 0) is 276 Å². The molecule has 0 fully saturated rings. The van der Waals surface area contributed by atoms with Gasteiger partial charge in [-0.25, -0.2) is 0 Å². The normalized spacial score (nSPS) is 11.3. The lowest BCUT2D eigenvalue weighted by molar-refractivity contribution is 1.17. The van der Waals surface area contributed by atoms with Crippen LogP contribution in [0.3, 0.4) is 0 Å². The first-order valence-corrected chi connectivity index (χ1v) is 48.3. The summed E-state index contributed by atoms with van der Waals surface area (Å²) in [6.07, 6.45) is 0. The maximum absolute atomic E-state index is 2.40. The fraction of sp³-hybridized carbons (Fsp3) is 0.0370. The number of hydrogen-bond acceptors (Lipinski definition) is 0. The molecule has 27 aromatic rings. The average molecular weight is 1790 g/mol. The molecular weight excluding hydrogens is 1690 g/mol. The first-order valence-electron chi connectivity index (χ1n) is 48.3. The number of aryl methyl sites for hydroxylation is 5. The molecule has 5 aromatic heterocycles. The van der Waals surface area contributed by atoms with E-state index >= 15 is 0 Å². The van der Waals surface area contributed by atoms with E-state index in [1.54, 1.807) is 0 Å². The van der Waals surface area contributed by atoms with Crippen LogP contribution in [0.2, 0.25) is 0 Å². The zero-order chi connectivity index (χ0) is 94.1. The highest BCUT2D eigenvalue weighted by Gasteiger charge is 2.22. The molecule has 5 heterocycles. The van der Waals surface area contributed by atoms with Crippen LogP contribution < -0.4 is 0 Å². The number of para-hydroxylation sites is 3. The maximum Gasteiger partial charge on any atom is 0.0619 e. The van der Waals surface area contributed by atoms with E-state index in [0.29, 0.717) is 0 Å². The van der Waals surface area contributed by atoms with Crippen LogP contribution in [0.5, 0.6) is 0 Å². The van der Waals surface area contributed by atoms with E-state index in [4.69, 9.17) is 0 Å². The van der Waals surface area contributed by atoms with Crippen LogP contribution >= 0.6 is 0 Å². The number of benzene rings is 22. The molecule has 0 radical (unpaired) electrons. The molecule has 0 bridgehead atoms. The fourth-order valence-corrected chi connectivity index (χ4v) is 20.6. The van der Waals surface area contributed by atoms with Crippen molar-refractivity contribution in [2.24, 2.45) is 0 Å². The third-order valence-corrected chi connectivity index (χ3v) is 27.4. The summed E-state index contributed by atoms with van der Waals surface area (Å²) in [6.45, 7) is 10.7. The summed E-state index contributed by atoms with van der Waals surface area (Å²) < 4.78 is 11.9. The van der Waals surface area contributed by atoms with Crippen molar-refractivity contribution in [3.63, 3.8) is 0 Å². The third kappa shape index (κ3) is 16.7. The Bertz CT molecular complexity index is 9030. The number of hydrogen-bond donors (Lipinski definition) is 0. The molecule has 0 aliphatic carbocycles. The summed E-state index contributed by atoms with van der Waals surface area (Å²) >= 11 is 0. The van der Waals surface area contributed by atoms with Gasteiger partial charge < -0.3 is 22.8 Å². The van der Waals surface area contributed by atoms with Gasteiger partial charge in [0, 0.05) is 87.7 Å². The largest absolute Gasteiger partial charge is 0.309 e. The maximum atomic E-state index is 2.40. The number of rotatable bonds is 11. The van der Waals surface area contributed by atoms with Crippen molar-refractivity contribution in [2.75, 3.05) is 0 Å². The van der Waals surface area contributed by atoms with Gasteiger partial charge >= 0.3 is 0 Å². The first-order chi connectivity index (χ1) is 69.0. The van der Waals surface area contributed by atoms with Gasteiger partial charge in [0.25, 0.3) is 0 Å². The van der Waals surface area contributed by atoms with Crippen LogP contribution in [0.1, 0.15) is 27.8 Å². The highest BCUT2D eigenvalue weighted by Crippen LogP contribution is 2.44. The first kappa shape index (κ1) is 86.2. The fourth-order valence-electron chi connectivity index (χ4n) is 20.6. The van der Waals surface area contributed by atoms with E-state index in [2.05, 4.69) is 579 Å². The number of nitrogens with zero attached hydrogens (tertiary/aromatic N) is 5. The van der Waals surface area contributed by atoms with Gasteiger partial charge in [-0.15, -0.1) is 0 Å². The lowest BCUT2D eigenvalue weighted by atomic mass is 10.0. The second kappa shape index (κ2) is 37.8. The SMILES string of the molecule is Cc1ccc(-n2c3ccc(-c4ccccc4)cc3c3cc(-c4ccccc4)ccc32)cc1.Cc1ccc(-n2c3ccccc3c3ccc4ccccc4c32)cc1.Cc1ccc2c(c1)c1cc(-c3ccccc3)ccc1n2-c1ccccc1.Cc1cccc(-n2c3ccc(-c4ccccc4)cc3c3cc(-c4ccccc4)ccc32)c1.Cc1cccc(-n2c3ccccc3c3cc(-c4ccccc4)ccc32)c1. The molecule has 0 N–H and O–H groups in total. The minimum Gasteiger partial charge on any atom is -0.309 e. The molecule has 0 amide bonds. The van der Waals surface area contributed by atoms with Crippen molar-refractivity contribution < 1.29 is 0 Å². The minimum atomic E-state index is 1.19. The minimum absolute atomic E-state index is 1.19. The van der Waals surface area contributed by atoms with Gasteiger partial charge in [0.15, 0.2) is 0 Å². The van der Waals surface area contributed by atoms with Gasteiger partial charge in [-0.2, -0.15) is 0 Å². The van der Waals surface area contributed by atoms with E-state index in [9.17, 15) is 0 Å². The Kier molecular flexibility index (Phi) is 23.3. The van der Waals surface area contributed by atoms with Crippen molar-refractivity contribution in [3.05, 3.63) is 550 Å². The summed E-state index contributed by atoms with van der Waals surface area (Å²) in [5.74, 6) is 0. The van der Waals surface area contributed by atoms with Gasteiger partial charge in [-0.3, -0.25) is 0 Å². The zero-order valence-electron chi connectivity index (χ0n) is 78.9. The van der Waals surface area contributed by atoms with Crippen molar-refractivity contribution in [3.8, 4) is 95.2 Å². The van der Waals surface area contributed by atoms with Gasteiger partial charge in [0.2, 0.25) is 0 Å². The quantitative estimate of drug-likeness (QED) is 0.123. The summed E-state index contributed by atoms with van der Waals surface area (Å²) in [5.41, 5.74) is 39.8. The third-order valence-electron chi connectivity index (χ3n) is 27.4. The Hall–Kier alpha value is -17.9. The van der Waals surface area contributed by atoms with Crippen molar-refractivity contribution in [1.82, 2.24) is 22.8 Å². The summed E-state index contributed by atoms with van der Waals surface area (Å²) in [7, 11) is 0. The highest BCUT2D eigenvalue weighted by atomic mass is 15.0. The second-order valence-electron chi connectivity index (χ2n) is 36.7. The summed E-state index contributed by atoms with van der Waals surface area (Å²) in [4.78, 5) is 0. The topological polar surface area (TPSA) is 24.6 Å². The van der Waals surface area contributed by atoms with E-state index in [1.165, 1.54) is 243 Å².